The molecule has 0 unspecified atom stereocenters. The van der Waals surface area contributed by atoms with Gasteiger partial charge in [0.1, 0.15) is 16.3 Å². The van der Waals surface area contributed by atoms with Crippen LogP contribution in [-0.4, -0.2) is 20.7 Å². The lowest BCUT2D eigenvalue weighted by molar-refractivity contribution is -0.384. The summed E-state index contributed by atoms with van der Waals surface area (Å²) in [4.78, 5) is 24.1. The van der Waals surface area contributed by atoms with Gasteiger partial charge in [0.25, 0.3) is 5.69 Å². The van der Waals surface area contributed by atoms with Gasteiger partial charge >= 0.3 is 5.97 Å². The highest BCUT2D eigenvalue weighted by Gasteiger charge is 2.18. The number of thiophene rings is 1. The molecule has 7 nitrogen and oxygen atoms in total. The molecule has 8 heteroatoms. The van der Waals surface area contributed by atoms with Gasteiger partial charge in [-0.15, -0.1) is 11.3 Å². The number of ether oxygens (including phenoxy) is 1. The smallest absolute Gasteiger partial charge is 0.348 e. The van der Waals surface area contributed by atoms with Crippen LogP contribution in [0.4, 0.5) is 5.69 Å². The van der Waals surface area contributed by atoms with Crippen molar-refractivity contribution >= 4 is 33.2 Å². The average molecular weight is 393 g/mol. The summed E-state index contributed by atoms with van der Waals surface area (Å²) in [6.45, 7) is 1.95. The number of hydrogen-bond donors (Lipinski definition) is 0. The van der Waals surface area contributed by atoms with E-state index in [1.54, 1.807) is 18.2 Å². The molecule has 4 rings (SSSR count). The quantitative estimate of drug-likeness (QED) is 0.280. The van der Waals surface area contributed by atoms with Crippen LogP contribution in [0, 0.1) is 17.0 Å². The first kappa shape index (κ1) is 17.9. The third-order valence-electron chi connectivity index (χ3n) is 4.26. The Hall–Kier alpha value is -3.52. The number of aryl methyl sites for hydroxylation is 1. The predicted octanol–water partition coefficient (Wildman–Crippen LogP) is 4.66. The molecule has 0 atom stereocenters. The third kappa shape index (κ3) is 3.37. The first-order valence-corrected chi connectivity index (χ1v) is 9.29. The molecule has 2 aromatic carbocycles. The van der Waals surface area contributed by atoms with Crippen molar-refractivity contribution in [1.82, 2.24) is 9.78 Å². The highest BCUT2D eigenvalue weighted by molar-refractivity contribution is 7.20. The number of nitro groups is 1. The molecular formula is C20H15N3O4S. The van der Waals surface area contributed by atoms with Crippen molar-refractivity contribution in [2.24, 2.45) is 0 Å². The van der Waals surface area contributed by atoms with Gasteiger partial charge in [-0.05, 0) is 42.8 Å². The second-order valence-electron chi connectivity index (χ2n) is 6.16. The van der Waals surface area contributed by atoms with Crippen molar-refractivity contribution in [3.05, 3.63) is 86.9 Å². The van der Waals surface area contributed by atoms with Gasteiger partial charge in [-0.1, -0.05) is 18.2 Å². The van der Waals surface area contributed by atoms with E-state index >= 15 is 0 Å². The molecule has 0 fully saturated rings. The summed E-state index contributed by atoms with van der Waals surface area (Å²) in [7, 11) is 0. The zero-order valence-corrected chi connectivity index (χ0v) is 15.7. The number of rotatable bonds is 5. The highest BCUT2D eigenvalue weighted by atomic mass is 32.1. The Labute approximate surface area is 163 Å². The largest absolute Gasteiger partial charge is 0.457 e. The average Bonchev–Trinajstić information content (AvgIpc) is 3.28. The minimum atomic E-state index is -0.467. The van der Waals surface area contributed by atoms with Crippen LogP contribution >= 0.6 is 11.3 Å². The fourth-order valence-electron chi connectivity index (χ4n) is 2.83. The summed E-state index contributed by atoms with van der Waals surface area (Å²) in [6.07, 6.45) is 0. The second kappa shape index (κ2) is 7.24. The van der Waals surface area contributed by atoms with E-state index in [1.165, 1.54) is 23.5 Å². The van der Waals surface area contributed by atoms with E-state index in [1.807, 2.05) is 41.9 Å². The SMILES string of the molecule is Cc1nn(-c2ccccc2)c2sc(C(=O)OCc3ccc([N+](=O)[O-])cc3)cc12. The molecule has 0 saturated heterocycles. The maximum atomic E-state index is 12.5. The van der Waals surface area contributed by atoms with Gasteiger partial charge < -0.3 is 4.74 Å². The fraction of sp³-hybridized carbons (Fsp3) is 0.100. The van der Waals surface area contributed by atoms with Gasteiger partial charge in [0.2, 0.25) is 0 Å². The molecule has 0 aliphatic carbocycles. The maximum Gasteiger partial charge on any atom is 0.348 e. The molecule has 0 N–H and O–H groups in total. The lowest BCUT2D eigenvalue weighted by atomic mass is 10.2. The predicted molar refractivity (Wildman–Crippen MR) is 106 cm³/mol. The van der Waals surface area contributed by atoms with E-state index in [9.17, 15) is 14.9 Å². The lowest BCUT2D eigenvalue weighted by Gasteiger charge is -2.03. The molecule has 28 heavy (non-hydrogen) atoms. The van der Waals surface area contributed by atoms with Crippen molar-refractivity contribution in [3.63, 3.8) is 0 Å². The molecule has 140 valence electrons. The van der Waals surface area contributed by atoms with Crippen molar-refractivity contribution < 1.29 is 14.5 Å². The third-order valence-corrected chi connectivity index (χ3v) is 5.35. The van der Waals surface area contributed by atoms with Crippen molar-refractivity contribution in [3.8, 4) is 5.69 Å². The summed E-state index contributed by atoms with van der Waals surface area (Å²) < 4.78 is 7.19. The standard InChI is InChI=1S/C20H15N3O4S/c1-13-17-11-18(28-19(17)22(21-13)15-5-3-2-4-6-15)20(24)27-12-14-7-9-16(10-8-14)23(25)26/h2-11H,12H2,1H3. The van der Waals surface area contributed by atoms with Gasteiger partial charge in [-0.25, -0.2) is 9.48 Å². The Balaban J connectivity index is 1.54. The number of esters is 1. The number of non-ortho nitro benzene ring substituents is 1. The first-order chi connectivity index (χ1) is 13.5. The molecular weight excluding hydrogens is 378 g/mol. The number of carbonyl (C=O) groups is 1. The number of aromatic nitrogens is 2. The lowest BCUT2D eigenvalue weighted by Crippen LogP contribution is -2.03. The number of hydrogen-bond acceptors (Lipinski definition) is 6. The molecule has 0 aliphatic heterocycles. The van der Waals surface area contributed by atoms with Gasteiger partial charge in [-0.3, -0.25) is 10.1 Å². The number of para-hydroxylation sites is 1. The molecule has 0 amide bonds. The topological polar surface area (TPSA) is 87.3 Å². The van der Waals surface area contributed by atoms with E-state index in [2.05, 4.69) is 5.10 Å². The Morgan fingerprint density at radius 1 is 1.18 bits per heavy atom. The van der Waals surface area contributed by atoms with Crippen LogP contribution in [0.1, 0.15) is 20.9 Å². The Morgan fingerprint density at radius 3 is 2.57 bits per heavy atom. The van der Waals surface area contributed by atoms with Crippen molar-refractivity contribution in [2.45, 2.75) is 13.5 Å². The van der Waals surface area contributed by atoms with Crippen LogP contribution in [0.25, 0.3) is 15.9 Å². The number of carbonyl (C=O) groups excluding carboxylic acids is 1. The molecule has 0 spiro atoms. The van der Waals surface area contributed by atoms with Crippen LogP contribution in [0.2, 0.25) is 0 Å². The second-order valence-corrected chi connectivity index (χ2v) is 7.19. The normalized spacial score (nSPS) is 10.9. The zero-order chi connectivity index (χ0) is 19.7. The molecule has 2 heterocycles. The van der Waals surface area contributed by atoms with Crippen molar-refractivity contribution in [2.75, 3.05) is 0 Å². The number of nitrogens with zero attached hydrogens (tertiary/aromatic N) is 3. The first-order valence-electron chi connectivity index (χ1n) is 8.48. The van der Waals surface area contributed by atoms with E-state index in [-0.39, 0.29) is 12.3 Å². The summed E-state index contributed by atoms with van der Waals surface area (Å²) in [5.41, 5.74) is 2.45. The maximum absolute atomic E-state index is 12.5. The van der Waals surface area contributed by atoms with Crippen LogP contribution < -0.4 is 0 Å². The fourth-order valence-corrected chi connectivity index (χ4v) is 3.90. The molecule has 0 aliphatic rings. The van der Waals surface area contributed by atoms with Crippen LogP contribution in [-0.2, 0) is 11.3 Å². The summed E-state index contributed by atoms with van der Waals surface area (Å²) in [5, 5.41) is 16.2. The molecule has 4 aromatic rings. The zero-order valence-electron chi connectivity index (χ0n) is 14.9. The Kier molecular flexibility index (Phi) is 4.62. The number of nitro benzene ring substituents is 1. The summed E-state index contributed by atoms with van der Waals surface area (Å²) in [6, 6.07) is 17.4. The minimum Gasteiger partial charge on any atom is -0.457 e. The van der Waals surface area contributed by atoms with Crippen LogP contribution in [0.3, 0.4) is 0 Å². The van der Waals surface area contributed by atoms with Gasteiger partial charge in [0.05, 0.1) is 16.3 Å². The summed E-state index contributed by atoms with van der Waals surface area (Å²) >= 11 is 1.33. The Morgan fingerprint density at radius 2 is 1.89 bits per heavy atom. The minimum absolute atomic E-state index is 0.000485. The Bertz CT molecular complexity index is 1160. The monoisotopic (exact) mass is 393 g/mol. The molecule has 0 saturated carbocycles. The van der Waals surface area contributed by atoms with E-state index in [0.29, 0.717) is 10.4 Å². The van der Waals surface area contributed by atoms with Crippen LogP contribution in [0.15, 0.2) is 60.7 Å². The van der Waals surface area contributed by atoms with E-state index in [0.717, 1.165) is 21.6 Å². The van der Waals surface area contributed by atoms with Crippen molar-refractivity contribution in [1.29, 1.82) is 0 Å². The van der Waals surface area contributed by atoms with E-state index < -0.39 is 10.9 Å². The van der Waals surface area contributed by atoms with Gasteiger partial charge in [0.15, 0.2) is 0 Å². The molecule has 2 aromatic heterocycles. The summed E-state index contributed by atoms with van der Waals surface area (Å²) in [5.74, 6) is -0.432. The number of benzene rings is 2. The van der Waals surface area contributed by atoms with Crippen LogP contribution in [0.5, 0.6) is 0 Å². The van der Waals surface area contributed by atoms with Gasteiger partial charge in [0, 0.05) is 17.5 Å². The molecule has 0 radical (unpaired) electrons. The van der Waals surface area contributed by atoms with E-state index in [4.69, 9.17) is 4.74 Å². The highest BCUT2D eigenvalue weighted by Crippen LogP contribution is 2.31. The number of fused-ring (bicyclic) bond motifs is 1. The van der Waals surface area contributed by atoms with Gasteiger partial charge in [-0.2, -0.15) is 5.10 Å². The molecule has 0 bridgehead atoms.